The van der Waals surface area contributed by atoms with Crippen LogP contribution in [0.25, 0.3) is 0 Å². The summed E-state index contributed by atoms with van der Waals surface area (Å²) in [5.74, 6) is 0.465. The van der Waals surface area contributed by atoms with Crippen molar-refractivity contribution in [3.8, 4) is 0 Å². The highest BCUT2D eigenvalue weighted by Crippen LogP contribution is 2.18. The lowest BCUT2D eigenvalue weighted by atomic mass is 10.4. The normalized spacial score (nSPS) is 13.5. The minimum atomic E-state index is -3.40. The second kappa shape index (κ2) is 6.33. The van der Waals surface area contributed by atoms with Crippen LogP contribution in [0.4, 0.5) is 0 Å². The highest BCUT2D eigenvalue weighted by atomic mass is 32.2. The van der Waals surface area contributed by atoms with Gasteiger partial charge in [0.15, 0.2) is 9.84 Å². The van der Waals surface area contributed by atoms with Gasteiger partial charge in [0, 0.05) is 6.54 Å². The molecule has 1 atom stereocenters. The fourth-order valence-electron chi connectivity index (χ4n) is 1.61. The molecule has 0 radical (unpaired) electrons. The molecule has 0 aliphatic rings. The highest BCUT2D eigenvalue weighted by molar-refractivity contribution is 7.93. The van der Waals surface area contributed by atoms with Gasteiger partial charge in [0.05, 0.1) is 24.7 Å². The van der Waals surface area contributed by atoms with Crippen LogP contribution >= 0.6 is 11.3 Å². The van der Waals surface area contributed by atoms with Crippen molar-refractivity contribution in [1.29, 1.82) is 0 Å². The van der Waals surface area contributed by atoms with E-state index in [1.54, 1.807) is 29.8 Å². The number of thiophene rings is 1. The molecule has 0 amide bonds. The molecular formula is C12H15NO4S2. The molecule has 1 unspecified atom stereocenters. The Labute approximate surface area is 115 Å². The molecule has 5 nitrogen and oxygen atoms in total. The summed E-state index contributed by atoms with van der Waals surface area (Å²) in [7, 11) is -3.40. The average molecular weight is 301 g/mol. The van der Waals surface area contributed by atoms with E-state index in [1.165, 1.54) is 0 Å². The van der Waals surface area contributed by atoms with E-state index < -0.39 is 15.9 Å². The standard InChI is InChI=1S/C12H15NO4S2/c14-10(7-13-8-11-3-1-5-17-11)9-19(15,16)12-4-2-6-18-12/h1-6,10,13-14H,7-9H2. The summed E-state index contributed by atoms with van der Waals surface area (Å²) >= 11 is 1.16. The molecule has 104 valence electrons. The zero-order valence-corrected chi connectivity index (χ0v) is 11.8. The van der Waals surface area contributed by atoms with Gasteiger partial charge < -0.3 is 14.8 Å². The van der Waals surface area contributed by atoms with Crippen molar-refractivity contribution in [3.05, 3.63) is 41.7 Å². The molecule has 2 rings (SSSR count). The molecule has 0 bridgehead atoms. The molecular weight excluding hydrogens is 286 g/mol. The van der Waals surface area contributed by atoms with Crippen LogP contribution in [0.1, 0.15) is 5.76 Å². The number of aliphatic hydroxyl groups is 1. The molecule has 0 saturated carbocycles. The Morgan fingerprint density at radius 3 is 2.84 bits per heavy atom. The smallest absolute Gasteiger partial charge is 0.190 e. The van der Waals surface area contributed by atoms with Crippen LogP contribution in [-0.2, 0) is 16.4 Å². The largest absolute Gasteiger partial charge is 0.468 e. The van der Waals surface area contributed by atoms with Gasteiger partial charge in [-0.15, -0.1) is 11.3 Å². The molecule has 0 saturated heterocycles. The molecule has 7 heteroatoms. The third kappa shape index (κ3) is 4.17. The van der Waals surface area contributed by atoms with Crippen molar-refractivity contribution in [2.45, 2.75) is 16.9 Å². The van der Waals surface area contributed by atoms with Crippen LogP contribution in [0.15, 0.2) is 44.5 Å². The third-order valence-corrected chi connectivity index (χ3v) is 5.76. The third-order valence-electron chi connectivity index (χ3n) is 2.47. The lowest BCUT2D eigenvalue weighted by Crippen LogP contribution is -2.32. The Balaban J connectivity index is 1.79. The molecule has 0 fully saturated rings. The Morgan fingerprint density at radius 2 is 2.21 bits per heavy atom. The number of hydrogen-bond acceptors (Lipinski definition) is 6. The molecule has 2 aromatic heterocycles. The van der Waals surface area contributed by atoms with Gasteiger partial charge in [0.1, 0.15) is 9.97 Å². The van der Waals surface area contributed by atoms with E-state index in [0.717, 1.165) is 17.1 Å². The van der Waals surface area contributed by atoms with Gasteiger partial charge in [-0.3, -0.25) is 0 Å². The lowest BCUT2D eigenvalue weighted by molar-refractivity contribution is 0.192. The summed E-state index contributed by atoms with van der Waals surface area (Å²) in [5.41, 5.74) is 0. The average Bonchev–Trinajstić information content (AvgIpc) is 3.01. The molecule has 2 heterocycles. The fourth-order valence-corrected chi connectivity index (χ4v) is 4.09. The maximum absolute atomic E-state index is 11.9. The second-order valence-electron chi connectivity index (χ2n) is 4.08. The van der Waals surface area contributed by atoms with Crippen LogP contribution in [0.3, 0.4) is 0 Å². The Kier molecular flexibility index (Phi) is 4.76. The zero-order chi connectivity index (χ0) is 13.7. The first-order valence-electron chi connectivity index (χ1n) is 5.75. The van der Waals surface area contributed by atoms with E-state index in [1.807, 2.05) is 6.07 Å². The van der Waals surface area contributed by atoms with Gasteiger partial charge in [-0.1, -0.05) is 6.07 Å². The summed E-state index contributed by atoms with van der Waals surface area (Å²) in [6, 6.07) is 6.80. The first-order chi connectivity index (χ1) is 9.08. The van der Waals surface area contributed by atoms with E-state index in [0.29, 0.717) is 6.54 Å². The van der Waals surface area contributed by atoms with Crippen molar-refractivity contribution in [3.63, 3.8) is 0 Å². The number of sulfone groups is 1. The summed E-state index contributed by atoms with van der Waals surface area (Å²) in [5, 5.41) is 14.4. The summed E-state index contributed by atoms with van der Waals surface area (Å²) < 4.78 is 29.2. The van der Waals surface area contributed by atoms with Crippen LogP contribution < -0.4 is 5.32 Å². The Bertz CT molecular complexity index is 575. The zero-order valence-electron chi connectivity index (χ0n) is 10.2. The van der Waals surface area contributed by atoms with Crippen LogP contribution in [0.5, 0.6) is 0 Å². The molecule has 0 aliphatic heterocycles. The van der Waals surface area contributed by atoms with Gasteiger partial charge in [-0.05, 0) is 23.6 Å². The Morgan fingerprint density at radius 1 is 1.37 bits per heavy atom. The monoisotopic (exact) mass is 301 g/mol. The van der Waals surface area contributed by atoms with Gasteiger partial charge >= 0.3 is 0 Å². The van der Waals surface area contributed by atoms with E-state index in [2.05, 4.69) is 5.32 Å². The number of furan rings is 1. The molecule has 0 spiro atoms. The van der Waals surface area contributed by atoms with Crippen molar-refractivity contribution < 1.29 is 17.9 Å². The minimum absolute atomic E-state index is 0.200. The van der Waals surface area contributed by atoms with Crippen molar-refractivity contribution in [1.82, 2.24) is 5.32 Å². The van der Waals surface area contributed by atoms with E-state index in [9.17, 15) is 13.5 Å². The maximum atomic E-state index is 11.9. The predicted molar refractivity (Wildman–Crippen MR) is 72.8 cm³/mol. The van der Waals surface area contributed by atoms with Crippen LogP contribution in [0, 0.1) is 0 Å². The van der Waals surface area contributed by atoms with Gasteiger partial charge in [-0.25, -0.2) is 8.42 Å². The summed E-state index contributed by atoms with van der Waals surface area (Å²) in [6.45, 7) is 0.661. The van der Waals surface area contributed by atoms with Crippen molar-refractivity contribution in [2.24, 2.45) is 0 Å². The predicted octanol–water partition coefficient (Wildman–Crippen LogP) is 1.27. The van der Waals surface area contributed by atoms with Crippen molar-refractivity contribution in [2.75, 3.05) is 12.3 Å². The van der Waals surface area contributed by atoms with Gasteiger partial charge in [-0.2, -0.15) is 0 Å². The number of aliphatic hydroxyl groups excluding tert-OH is 1. The number of nitrogens with one attached hydrogen (secondary N) is 1. The van der Waals surface area contributed by atoms with Gasteiger partial charge in [0.25, 0.3) is 0 Å². The molecule has 2 aromatic rings. The minimum Gasteiger partial charge on any atom is -0.468 e. The molecule has 19 heavy (non-hydrogen) atoms. The molecule has 0 aliphatic carbocycles. The van der Waals surface area contributed by atoms with Crippen LogP contribution in [0.2, 0.25) is 0 Å². The molecule has 0 aromatic carbocycles. The first-order valence-corrected chi connectivity index (χ1v) is 8.28. The summed E-state index contributed by atoms with van der Waals surface area (Å²) in [6.07, 6.45) is 0.622. The van der Waals surface area contributed by atoms with E-state index >= 15 is 0 Å². The fraction of sp³-hybridized carbons (Fsp3) is 0.333. The lowest BCUT2D eigenvalue weighted by Gasteiger charge is -2.10. The SMILES string of the molecule is O=S(=O)(CC(O)CNCc1ccco1)c1cccs1. The Hall–Kier alpha value is -1.15. The van der Waals surface area contributed by atoms with E-state index in [-0.39, 0.29) is 16.5 Å². The number of rotatable bonds is 7. The maximum Gasteiger partial charge on any atom is 0.190 e. The highest BCUT2D eigenvalue weighted by Gasteiger charge is 2.20. The van der Waals surface area contributed by atoms with Crippen molar-refractivity contribution >= 4 is 21.2 Å². The number of hydrogen-bond donors (Lipinski definition) is 2. The van der Waals surface area contributed by atoms with E-state index in [4.69, 9.17) is 4.42 Å². The first kappa shape index (κ1) is 14.3. The van der Waals surface area contributed by atoms with Gasteiger partial charge in [0.2, 0.25) is 0 Å². The quantitative estimate of drug-likeness (QED) is 0.805. The molecule has 2 N–H and O–H groups in total. The second-order valence-corrected chi connectivity index (χ2v) is 7.29. The topological polar surface area (TPSA) is 79.5 Å². The van der Waals surface area contributed by atoms with Crippen LogP contribution in [-0.4, -0.2) is 31.9 Å². The summed E-state index contributed by atoms with van der Waals surface area (Å²) in [4.78, 5) is 0.